The zero-order chi connectivity index (χ0) is 10.7. The van der Waals surface area contributed by atoms with Gasteiger partial charge in [-0.1, -0.05) is 11.6 Å². The molecule has 0 amide bonds. The molecule has 78 valence electrons. The van der Waals surface area contributed by atoms with Crippen LogP contribution in [-0.4, -0.2) is 21.8 Å². The average molecular weight is 223 g/mol. The summed E-state index contributed by atoms with van der Waals surface area (Å²) in [7, 11) is 1.89. The molecule has 0 bridgehead atoms. The van der Waals surface area contributed by atoms with Crippen LogP contribution in [0.15, 0.2) is 30.9 Å². The monoisotopic (exact) mass is 222 g/mol. The zero-order valence-electron chi connectivity index (χ0n) is 8.31. The number of aromatic nitrogens is 3. The third kappa shape index (κ3) is 2.16. The summed E-state index contributed by atoms with van der Waals surface area (Å²) in [5, 5.41) is 7.91. The first kappa shape index (κ1) is 10.1. The fraction of sp³-hybridized carbons (Fsp3) is 0.200. The van der Waals surface area contributed by atoms with Crippen molar-refractivity contribution in [3.05, 3.63) is 41.4 Å². The van der Waals surface area contributed by atoms with Crippen LogP contribution in [0.5, 0.6) is 0 Å². The standard InChI is InChI=1S/C10H11ClN4/c1-12-5-8-4-9(11)2-3-10(8)15-7-13-6-14-15/h2-4,6-7,12H,5H2,1H3. The number of nitrogens with one attached hydrogen (secondary N) is 1. The molecule has 0 aliphatic rings. The first-order valence-electron chi connectivity index (χ1n) is 4.59. The van der Waals surface area contributed by atoms with Gasteiger partial charge in [-0.15, -0.1) is 0 Å². The molecule has 0 aliphatic carbocycles. The first-order chi connectivity index (χ1) is 7.31. The van der Waals surface area contributed by atoms with Crippen molar-refractivity contribution in [2.75, 3.05) is 7.05 Å². The summed E-state index contributed by atoms with van der Waals surface area (Å²) in [6.07, 6.45) is 3.18. The molecule has 0 atom stereocenters. The second kappa shape index (κ2) is 4.42. The van der Waals surface area contributed by atoms with E-state index in [9.17, 15) is 0 Å². The lowest BCUT2D eigenvalue weighted by Gasteiger charge is -2.08. The maximum Gasteiger partial charge on any atom is 0.138 e. The summed E-state index contributed by atoms with van der Waals surface area (Å²) in [5.41, 5.74) is 2.08. The maximum atomic E-state index is 5.94. The molecule has 0 saturated carbocycles. The molecule has 0 unspecified atom stereocenters. The van der Waals surface area contributed by atoms with Gasteiger partial charge in [0.25, 0.3) is 0 Å². The summed E-state index contributed by atoms with van der Waals surface area (Å²) >= 11 is 5.94. The molecule has 4 nitrogen and oxygen atoms in total. The second-order valence-electron chi connectivity index (χ2n) is 3.14. The van der Waals surface area contributed by atoms with Crippen LogP contribution in [0, 0.1) is 0 Å². The smallest absolute Gasteiger partial charge is 0.138 e. The van der Waals surface area contributed by atoms with E-state index in [0.717, 1.165) is 22.8 Å². The lowest BCUT2D eigenvalue weighted by atomic mass is 10.2. The minimum Gasteiger partial charge on any atom is -0.316 e. The quantitative estimate of drug-likeness (QED) is 0.859. The van der Waals surface area contributed by atoms with Gasteiger partial charge in [-0.05, 0) is 30.8 Å². The van der Waals surface area contributed by atoms with Crippen molar-refractivity contribution in [2.45, 2.75) is 6.54 Å². The van der Waals surface area contributed by atoms with E-state index in [0.29, 0.717) is 0 Å². The van der Waals surface area contributed by atoms with E-state index in [1.165, 1.54) is 6.33 Å². The first-order valence-corrected chi connectivity index (χ1v) is 4.97. The minimum absolute atomic E-state index is 0.726. The van der Waals surface area contributed by atoms with Crippen LogP contribution >= 0.6 is 11.6 Å². The van der Waals surface area contributed by atoms with E-state index in [2.05, 4.69) is 15.4 Å². The molecule has 1 heterocycles. The van der Waals surface area contributed by atoms with E-state index in [4.69, 9.17) is 11.6 Å². The zero-order valence-corrected chi connectivity index (χ0v) is 9.07. The van der Waals surface area contributed by atoms with Gasteiger partial charge < -0.3 is 5.32 Å². The van der Waals surface area contributed by atoms with Gasteiger partial charge >= 0.3 is 0 Å². The molecular formula is C10H11ClN4. The average Bonchev–Trinajstić information content (AvgIpc) is 2.71. The minimum atomic E-state index is 0.726. The van der Waals surface area contributed by atoms with Crippen LogP contribution in [0.4, 0.5) is 0 Å². The van der Waals surface area contributed by atoms with Gasteiger partial charge in [-0.25, -0.2) is 9.67 Å². The highest BCUT2D eigenvalue weighted by Crippen LogP contribution is 2.18. The van der Waals surface area contributed by atoms with Crippen molar-refractivity contribution in [3.8, 4) is 5.69 Å². The molecule has 2 rings (SSSR count). The summed E-state index contributed by atoms with van der Waals surface area (Å²) in [6.45, 7) is 0.746. The Bertz CT molecular complexity index is 439. The molecule has 0 radical (unpaired) electrons. The Morgan fingerprint density at radius 3 is 3.00 bits per heavy atom. The van der Waals surface area contributed by atoms with E-state index in [1.807, 2.05) is 25.2 Å². The molecule has 5 heteroatoms. The maximum absolute atomic E-state index is 5.94. The summed E-state index contributed by atoms with van der Waals surface area (Å²) in [4.78, 5) is 3.92. The van der Waals surface area contributed by atoms with E-state index >= 15 is 0 Å². The molecule has 15 heavy (non-hydrogen) atoms. The molecule has 2 aromatic rings. The Balaban J connectivity index is 2.46. The van der Waals surface area contributed by atoms with Crippen molar-refractivity contribution in [1.82, 2.24) is 20.1 Å². The van der Waals surface area contributed by atoms with Crippen molar-refractivity contribution in [1.29, 1.82) is 0 Å². The van der Waals surface area contributed by atoms with Crippen molar-refractivity contribution in [3.63, 3.8) is 0 Å². The van der Waals surface area contributed by atoms with Gasteiger partial charge in [-0.2, -0.15) is 5.10 Å². The molecule has 0 aliphatic heterocycles. The third-order valence-electron chi connectivity index (χ3n) is 2.07. The summed E-state index contributed by atoms with van der Waals surface area (Å²) in [6, 6.07) is 5.70. The van der Waals surface area contributed by atoms with Gasteiger partial charge in [-0.3, -0.25) is 0 Å². The molecule has 1 aromatic heterocycles. The molecule has 0 saturated heterocycles. The largest absolute Gasteiger partial charge is 0.316 e. The fourth-order valence-electron chi connectivity index (χ4n) is 1.44. The molecule has 0 spiro atoms. The Hall–Kier alpha value is -1.39. The van der Waals surface area contributed by atoms with Gasteiger partial charge in [0.2, 0.25) is 0 Å². The SMILES string of the molecule is CNCc1cc(Cl)ccc1-n1cncn1. The van der Waals surface area contributed by atoms with Crippen molar-refractivity contribution >= 4 is 11.6 Å². The number of rotatable bonds is 3. The normalized spacial score (nSPS) is 10.5. The summed E-state index contributed by atoms with van der Waals surface area (Å²) in [5.74, 6) is 0. The molecule has 1 N–H and O–H groups in total. The lowest BCUT2D eigenvalue weighted by Crippen LogP contribution is -2.09. The van der Waals surface area contributed by atoms with Crippen LogP contribution in [0.1, 0.15) is 5.56 Å². The molecule has 0 fully saturated rings. The topological polar surface area (TPSA) is 42.7 Å². The van der Waals surface area contributed by atoms with Crippen LogP contribution in [0.2, 0.25) is 5.02 Å². The molecule has 1 aromatic carbocycles. The van der Waals surface area contributed by atoms with Crippen LogP contribution in [-0.2, 0) is 6.54 Å². The van der Waals surface area contributed by atoms with Crippen molar-refractivity contribution < 1.29 is 0 Å². The van der Waals surface area contributed by atoms with Crippen LogP contribution in [0.25, 0.3) is 5.69 Å². The third-order valence-corrected chi connectivity index (χ3v) is 2.31. The number of halogens is 1. The predicted octanol–water partition coefficient (Wildman–Crippen LogP) is 1.64. The Labute approximate surface area is 92.9 Å². The van der Waals surface area contributed by atoms with Crippen molar-refractivity contribution in [2.24, 2.45) is 0 Å². The number of hydrogen-bond acceptors (Lipinski definition) is 3. The van der Waals surface area contributed by atoms with Gasteiger partial charge in [0.05, 0.1) is 5.69 Å². The highest BCUT2D eigenvalue weighted by Gasteiger charge is 2.05. The number of hydrogen-bond donors (Lipinski definition) is 1. The van der Waals surface area contributed by atoms with E-state index in [1.54, 1.807) is 11.0 Å². The number of nitrogens with zero attached hydrogens (tertiary/aromatic N) is 3. The van der Waals surface area contributed by atoms with Crippen LogP contribution in [0.3, 0.4) is 0 Å². The van der Waals surface area contributed by atoms with Gasteiger partial charge in [0.1, 0.15) is 12.7 Å². The lowest BCUT2D eigenvalue weighted by molar-refractivity contribution is 0.788. The second-order valence-corrected chi connectivity index (χ2v) is 3.58. The summed E-state index contributed by atoms with van der Waals surface area (Å²) < 4.78 is 1.73. The van der Waals surface area contributed by atoms with E-state index in [-0.39, 0.29) is 0 Å². The Morgan fingerprint density at radius 1 is 1.47 bits per heavy atom. The Kier molecular flexibility index (Phi) is 2.99. The van der Waals surface area contributed by atoms with Gasteiger partial charge in [0.15, 0.2) is 0 Å². The Morgan fingerprint density at radius 2 is 2.33 bits per heavy atom. The van der Waals surface area contributed by atoms with Gasteiger partial charge in [0, 0.05) is 11.6 Å². The predicted molar refractivity (Wildman–Crippen MR) is 59.1 cm³/mol. The van der Waals surface area contributed by atoms with Crippen LogP contribution < -0.4 is 5.32 Å². The molecular weight excluding hydrogens is 212 g/mol. The highest BCUT2D eigenvalue weighted by atomic mass is 35.5. The number of benzene rings is 1. The fourth-order valence-corrected chi connectivity index (χ4v) is 1.64. The highest BCUT2D eigenvalue weighted by molar-refractivity contribution is 6.30. The van der Waals surface area contributed by atoms with E-state index < -0.39 is 0 Å².